The zero-order valence-electron chi connectivity index (χ0n) is 15.9. The maximum absolute atomic E-state index is 12.7. The molecule has 9 heteroatoms. The van der Waals surface area contributed by atoms with Crippen LogP contribution in [0.1, 0.15) is 26.3 Å². The second-order valence-corrected chi connectivity index (χ2v) is 7.55. The lowest BCUT2D eigenvalue weighted by molar-refractivity contribution is 0.218. The zero-order chi connectivity index (χ0) is 19.4. The fraction of sp³-hybridized carbons (Fsp3) is 0.389. The summed E-state index contributed by atoms with van der Waals surface area (Å²) in [5.74, 6) is 0. The van der Waals surface area contributed by atoms with E-state index in [9.17, 15) is 4.79 Å². The highest BCUT2D eigenvalue weighted by molar-refractivity contribution is 5.91. The van der Waals surface area contributed by atoms with Gasteiger partial charge >= 0.3 is 6.03 Å². The van der Waals surface area contributed by atoms with E-state index >= 15 is 0 Å². The van der Waals surface area contributed by atoms with Crippen LogP contribution in [0, 0.1) is 12.3 Å². The Labute approximate surface area is 157 Å². The van der Waals surface area contributed by atoms with Crippen molar-refractivity contribution >= 4 is 11.7 Å². The average Bonchev–Trinajstić information content (AvgIpc) is 3.27. The van der Waals surface area contributed by atoms with Crippen molar-refractivity contribution in [3.63, 3.8) is 0 Å². The largest absolute Gasteiger partial charge is 0.335 e. The molecule has 27 heavy (non-hydrogen) atoms. The highest BCUT2D eigenvalue weighted by Crippen LogP contribution is 2.23. The Morgan fingerprint density at radius 2 is 2.07 bits per heavy atom. The first-order chi connectivity index (χ1) is 12.8. The van der Waals surface area contributed by atoms with Crippen LogP contribution in [0.3, 0.4) is 0 Å². The second kappa shape index (κ2) is 7.56. The smallest absolute Gasteiger partial charge is 0.319 e. The molecule has 0 bridgehead atoms. The zero-order valence-corrected chi connectivity index (χ0v) is 15.9. The molecule has 0 radical (unpaired) electrons. The number of aryl methyl sites for hydroxylation is 1. The molecule has 3 aromatic rings. The maximum atomic E-state index is 12.7. The molecule has 0 aliphatic rings. The summed E-state index contributed by atoms with van der Waals surface area (Å²) in [6.07, 6.45) is 6.85. The van der Waals surface area contributed by atoms with Crippen molar-refractivity contribution in [2.75, 3.05) is 5.32 Å². The number of hydrogen-bond acceptors (Lipinski definition) is 5. The number of carbonyl (C=O) groups is 1. The number of tetrazole rings is 1. The minimum atomic E-state index is -0.282. The second-order valence-electron chi connectivity index (χ2n) is 7.55. The minimum Gasteiger partial charge on any atom is -0.335 e. The molecule has 2 heterocycles. The van der Waals surface area contributed by atoms with E-state index in [1.54, 1.807) is 12.5 Å². The van der Waals surface area contributed by atoms with Crippen LogP contribution in [0.2, 0.25) is 0 Å². The molecule has 3 rings (SSSR count). The van der Waals surface area contributed by atoms with Crippen LogP contribution in [-0.4, -0.2) is 41.8 Å². The molecule has 142 valence electrons. The molecule has 0 aliphatic heterocycles. The molecule has 1 aromatic carbocycles. The van der Waals surface area contributed by atoms with Crippen LogP contribution in [-0.2, 0) is 6.54 Å². The van der Waals surface area contributed by atoms with Gasteiger partial charge < -0.3 is 15.2 Å². The van der Waals surface area contributed by atoms with Crippen LogP contribution >= 0.6 is 0 Å². The first-order valence-electron chi connectivity index (χ1n) is 8.70. The minimum absolute atomic E-state index is 0.0898. The fourth-order valence-electron chi connectivity index (χ4n) is 2.68. The number of urea groups is 1. The quantitative estimate of drug-likeness (QED) is 0.720. The molecule has 1 atom stereocenters. The Bertz CT molecular complexity index is 881. The van der Waals surface area contributed by atoms with E-state index in [-0.39, 0.29) is 17.5 Å². The summed E-state index contributed by atoms with van der Waals surface area (Å²) in [6, 6.07) is 5.33. The lowest BCUT2D eigenvalue weighted by Gasteiger charge is -2.32. The molecule has 0 spiro atoms. The Balaban J connectivity index is 1.77. The Hall–Kier alpha value is -3.23. The molecule has 9 nitrogen and oxygen atoms in total. The molecule has 0 saturated heterocycles. The van der Waals surface area contributed by atoms with Crippen LogP contribution in [0.5, 0.6) is 0 Å². The molecule has 0 aliphatic carbocycles. The molecule has 2 amide bonds. The third kappa shape index (κ3) is 4.69. The number of nitrogens with one attached hydrogen (secondary N) is 2. The number of hydrogen-bond donors (Lipinski definition) is 2. The summed E-state index contributed by atoms with van der Waals surface area (Å²) in [4.78, 5) is 16.8. The lowest BCUT2D eigenvalue weighted by Crippen LogP contribution is -2.48. The Morgan fingerprint density at radius 3 is 2.70 bits per heavy atom. The highest BCUT2D eigenvalue weighted by Gasteiger charge is 2.27. The average molecular weight is 368 g/mol. The number of nitrogens with zero attached hydrogens (tertiary/aromatic N) is 6. The van der Waals surface area contributed by atoms with Gasteiger partial charge in [-0.15, -0.1) is 5.10 Å². The monoisotopic (exact) mass is 368 g/mol. The summed E-state index contributed by atoms with van der Waals surface area (Å²) < 4.78 is 3.47. The van der Waals surface area contributed by atoms with Gasteiger partial charge in [0, 0.05) is 18.9 Å². The third-order valence-corrected chi connectivity index (χ3v) is 4.30. The predicted octanol–water partition coefficient (Wildman–Crippen LogP) is 2.40. The summed E-state index contributed by atoms with van der Waals surface area (Å²) >= 11 is 0. The van der Waals surface area contributed by atoms with Crippen molar-refractivity contribution in [3.05, 3.63) is 48.8 Å². The topological polar surface area (TPSA) is 103 Å². The van der Waals surface area contributed by atoms with Crippen molar-refractivity contribution in [3.8, 4) is 5.69 Å². The summed E-state index contributed by atoms with van der Waals surface area (Å²) in [5, 5.41) is 17.2. The van der Waals surface area contributed by atoms with Gasteiger partial charge in [-0.2, -0.15) is 4.68 Å². The van der Waals surface area contributed by atoms with E-state index in [2.05, 4.69) is 51.9 Å². The van der Waals surface area contributed by atoms with Gasteiger partial charge in [-0.25, -0.2) is 9.78 Å². The van der Waals surface area contributed by atoms with E-state index in [1.807, 2.05) is 35.9 Å². The molecular weight excluding hydrogens is 344 g/mol. The van der Waals surface area contributed by atoms with Gasteiger partial charge in [-0.1, -0.05) is 26.8 Å². The predicted molar refractivity (Wildman–Crippen MR) is 102 cm³/mol. The molecular formula is C18H24N8O. The summed E-state index contributed by atoms with van der Waals surface area (Å²) in [5.41, 5.74) is 2.22. The van der Waals surface area contributed by atoms with Gasteiger partial charge in [-0.05, 0) is 40.5 Å². The van der Waals surface area contributed by atoms with E-state index < -0.39 is 0 Å². The first-order valence-corrected chi connectivity index (χ1v) is 8.70. The van der Waals surface area contributed by atoms with E-state index in [0.717, 1.165) is 5.56 Å². The van der Waals surface area contributed by atoms with Crippen LogP contribution in [0.15, 0.2) is 43.2 Å². The standard InChI is InChI=1S/C18H24N8O/c1-13-5-6-15(26-12-20-23-24-26)14(9-13)21-17(27)22-16(18(2,3)4)10-25-8-7-19-11-25/h5-9,11-12,16H,10H2,1-4H3,(H2,21,22,27)/t16-/m0/s1. The number of amides is 2. The molecule has 0 fully saturated rings. The third-order valence-electron chi connectivity index (χ3n) is 4.30. The summed E-state index contributed by atoms with van der Waals surface area (Å²) in [7, 11) is 0. The van der Waals surface area contributed by atoms with Crippen molar-refractivity contribution < 1.29 is 4.79 Å². The first kappa shape index (κ1) is 18.6. The van der Waals surface area contributed by atoms with Gasteiger partial charge in [0.25, 0.3) is 0 Å². The van der Waals surface area contributed by atoms with Crippen molar-refractivity contribution in [2.24, 2.45) is 5.41 Å². The number of carbonyl (C=O) groups excluding carboxylic acids is 1. The Kier molecular flexibility index (Phi) is 5.20. The molecule has 0 saturated carbocycles. The van der Waals surface area contributed by atoms with Gasteiger partial charge in [0.2, 0.25) is 0 Å². The fourth-order valence-corrected chi connectivity index (χ4v) is 2.68. The van der Waals surface area contributed by atoms with Crippen LogP contribution < -0.4 is 10.6 Å². The molecule has 2 N–H and O–H groups in total. The normalized spacial score (nSPS) is 12.6. The van der Waals surface area contributed by atoms with Crippen LogP contribution in [0.25, 0.3) is 5.69 Å². The van der Waals surface area contributed by atoms with Crippen molar-refractivity contribution in [1.29, 1.82) is 0 Å². The van der Waals surface area contributed by atoms with Gasteiger partial charge in [0.15, 0.2) is 0 Å². The van der Waals surface area contributed by atoms with Gasteiger partial charge in [0.1, 0.15) is 6.33 Å². The molecule has 0 unspecified atom stereocenters. The lowest BCUT2D eigenvalue weighted by atomic mass is 9.86. The SMILES string of the molecule is Cc1ccc(-n2cnnn2)c(NC(=O)N[C@@H](Cn2ccnc2)C(C)(C)C)c1. The Morgan fingerprint density at radius 1 is 1.26 bits per heavy atom. The number of anilines is 1. The number of aromatic nitrogens is 6. The van der Waals surface area contributed by atoms with E-state index in [4.69, 9.17) is 0 Å². The number of rotatable bonds is 5. The van der Waals surface area contributed by atoms with Crippen LogP contribution in [0.4, 0.5) is 10.5 Å². The van der Waals surface area contributed by atoms with Gasteiger partial charge in [0.05, 0.1) is 23.7 Å². The number of benzene rings is 1. The number of imidazole rings is 1. The van der Waals surface area contributed by atoms with E-state index in [0.29, 0.717) is 17.9 Å². The van der Waals surface area contributed by atoms with Crippen molar-refractivity contribution in [1.82, 2.24) is 35.1 Å². The summed E-state index contributed by atoms with van der Waals surface area (Å²) in [6.45, 7) is 8.87. The highest BCUT2D eigenvalue weighted by atomic mass is 16.2. The molecule has 2 aromatic heterocycles. The van der Waals surface area contributed by atoms with Gasteiger partial charge in [-0.3, -0.25) is 0 Å². The van der Waals surface area contributed by atoms with E-state index in [1.165, 1.54) is 11.0 Å². The van der Waals surface area contributed by atoms with Crippen molar-refractivity contribution in [2.45, 2.75) is 40.3 Å². The maximum Gasteiger partial charge on any atom is 0.319 e.